The Balaban J connectivity index is 2.41. The van der Waals surface area contributed by atoms with E-state index >= 15 is 0 Å². The van der Waals surface area contributed by atoms with Gasteiger partial charge in [0.2, 0.25) is 0 Å². The molecule has 0 aromatic rings. The maximum atomic E-state index is 2.44. The van der Waals surface area contributed by atoms with Crippen LogP contribution in [0, 0.1) is 17.8 Å². The predicted molar refractivity (Wildman–Crippen MR) is 41.1 cm³/mol. The van der Waals surface area contributed by atoms with Gasteiger partial charge in [0.25, 0.3) is 0 Å². The number of rotatable bonds is 0. The highest BCUT2D eigenvalue weighted by Crippen LogP contribution is 2.37. The SMILES string of the molecule is C[C@@H]1C[CH]CC(C)(C)C1. The van der Waals surface area contributed by atoms with Crippen LogP contribution in [0.3, 0.4) is 0 Å². The molecule has 53 valence electrons. The Hall–Kier alpha value is 0. The van der Waals surface area contributed by atoms with Crippen LogP contribution in [0.25, 0.3) is 0 Å². The molecule has 0 nitrogen and oxygen atoms in total. The van der Waals surface area contributed by atoms with Crippen molar-refractivity contribution in [2.75, 3.05) is 0 Å². The Bertz CT molecular complexity index is 92.2. The topological polar surface area (TPSA) is 0 Å². The van der Waals surface area contributed by atoms with Gasteiger partial charge in [0, 0.05) is 0 Å². The lowest BCUT2D eigenvalue weighted by molar-refractivity contribution is 0.231. The summed E-state index contributed by atoms with van der Waals surface area (Å²) in [6.07, 6.45) is 6.50. The third-order valence-corrected chi connectivity index (χ3v) is 2.17. The van der Waals surface area contributed by atoms with E-state index in [9.17, 15) is 0 Å². The maximum absolute atomic E-state index is 2.44. The molecule has 0 aliphatic heterocycles. The summed E-state index contributed by atoms with van der Waals surface area (Å²) in [5.41, 5.74) is 0.595. The minimum absolute atomic E-state index is 0.595. The quantitative estimate of drug-likeness (QED) is 0.467. The van der Waals surface area contributed by atoms with Gasteiger partial charge in [-0.1, -0.05) is 20.8 Å². The van der Waals surface area contributed by atoms with Crippen LogP contribution in [-0.4, -0.2) is 0 Å². The average Bonchev–Trinajstić information content (AvgIpc) is 1.60. The third kappa shape index (κ3) is 2.00. The molecule has 1 aliphatic carbocycles. The van der Waals surface area contributed by atoms with E-state index in [1.54, 1.807) is 0 Å². The molecule has 1 rings (SSSR count). The zero-order valence-corrected chi connectivity index (χ0v) is 6.78. The molecule has 0 heteroatoms. The summed E-state index contributed by atoms with van der Waals surface area (Å²) < 4.78 is 0. The van der Waals surface area contributed by atoms with Gasteiger partial charge in [-0.3, -0.25) is 0 Å². The van der Waals surface area contributed by atoms with Crippen LogP contribution < -0.4 is 0 Å². The Morgan fingerprint density at radius 2 is 2.11 bits per heavy atom. The summed E-state index contributed by atoms with van der Waals surface area (Å²) in [5, 5.41) is 0. The van der Waals surface area contributed by atoms with Crippen molar-refractivity contribution in [1.29, 1.82) is 0 Å². The lowest BCUT2D eigenvalue weighted by Crippen LogP contribution is -2.20. The molecule has 0 saturated heterocycles. The van der Waals surface area contributed by atoms with Crippen LogP contribution >= 0.6 is 0 Å². The van der Waals surface area contributed by atoms with E-state index < -0.39 is 0 Å². The molecular formula is C9H17. The van der Waals surface area contributed by atoms with Crippen LogP contribution in [-0.2, 0) is 0 Å². The van der Waals surface area contributed by atoms with Crippen LogP contribution in [0.2, 0.25) is 0 Å². The standard InChI is InChI=1S/C9H17/c1-8-5-4-6-9(2,3)7-8/h4,8H,5-7H2,1-3H3/t8-/m1/s1. The van der Waals surface area contributed by atoms with Crippen molar-refractivity contribution in [3.8, 4) is 0 Å². The molecule has 0 amide bonds. The van der Waals surface area contributed by atoms with E-state index in [0.717, 1.165) is 5.92 Å². The lowest BCUT2D eigenvalue weighted by atomic mass is 9.73. The maximum Gasteiger partial charge on any atom is -0.0349 e. The van der Waals surface area contributed by atoms with Gasteiger partial charge in [0.1, 0.15) is 0 Å². The first-order valence-electron chi connectivity index (χ1n) is 3.92. The highest BCUT2D eigenvalue weighted by Gasteiger charge is 2.24. The molecule has 0 unspecified atom stereocenters. The Morgan fingerprint density at radius 1 is 1.44 bits per heavy atom. The highest BCUT2D eigenvalue weighted by molar-refractivity contribution is 4.86. The van der Waals surface area contributed by atoms with Gasteiger partial charge in [-0.15, -0.1) is 0 Å². The predicted octanol–water partition coefficient (Wildman–Crippen LogP) is 3.04. The van der Waals surface area contributed by atoms with Gasteiger partial charge in [-0.25, -0.2) is 0 Å². The second kappa shape index (κ2) is 2.32. The van der Waals surface area contributed by atoms with E-state index in [1.807, 2.05) is 0 Å². The van der Waals surface area contributed by atoms with E-state index in [1.165, 1.54) is 19.3 Å². The van der Waals surface area contributed by atoms with Gasteiger partial charge < -0.3 is 0 Å². The van der Waals surface area contributed by atoms with Crippen molar-refractivity contribution in [3.63, 3.8) is 0 Å². The summed E-state index contributed by atoms with van der Waals surface area (Å²) in [4.78, 5) is 0. The fourth-order valence-electron chi connectivity index (χ4n) is 1.87. The smallest absolute Gasteiger partial charge is 0.0349 e. The van der Waals surface area contributed by atoms with Gasteiger partial charge in [-0.2, -0.15) is 0 Å². The molecule has 1 aliphatic rings. The Morgan fingerprint density at radius 3 is 2.44 bits per heavy atom. The van der Waals surface area contributed by atoms with E-state index in [-0.39, 0.29) is 0 Å². The summed E-state index contributed by atoms with van der Waals surface area (Å²) >= 11 is 0. The molecule has 9 heavy (non-hydrogen) atoms. The molecule has 1 saturated carbocycles. The second-order valence-electron chi connectivity index (χ2n) is 4.20. The molecule has 1 atom stereocenters. The van der Waals surface area contributed by atoms with Crippen molar-refractivity contribution < 1.29 is 0 Å². The summed E-state index contributed by atoms with van der Waals surface area (Å²) in [6.45, 7) is 7.07. The molecule has 0 spiro atoms. The molecule has 0 aromatic heterocycles. The van der Waals surface area contributed by atoms with Crippen LogP contribution in [0.15, 0.2) is 0 Å². The van der Waals surface area contributed by atoms with E-state index in [4.69, 9.17) is 0 Å². The van der Waals surface area contributed by atoms with Gasteiger partial charge >= 0.3 is 0 Å². The minimum Gasteiger partial charge on any atom is -0.0625 e. The van der Waals surface area contributed by atoms with Crippen molar-refractivity contribution in [3.05, 3.63) is 6.42 Å². The van der Waals surface area contributed by atoms with E-state index in [0.29, 0.717) is 5.41 Å². The molecule has 0 N–H and O–H groups in total. The van der Waals surface area contributed by atoms with Crippen molar-refractivity contribution in [2.45, 2.75) is 40.0 Å². The first-order chi connectivity index (χ1) is 4.10. The summed E-state index contributed by atoms with van der Waals surface area (Å²) in [6, 6.07) is 0. The Kier molecular flexibility index (Phi) is 1.83. The zero-order chi connectivity index (χ0) is 6.91. The minimum atomic E-state index is 0.595. The van der Waals surface area contributed by atoms with Gasteiger partial charge in [-0.05, 0) is 37.0 Å². The average molecular weight is 125 g/mol. The lowest BCUT2D eigenvalue weighted by Gasteiger charge is -2.33. The van der Waals surface area contributed by atoms with Crippen LogP contribution in [0.5, 0.6) is 0 Å². The summed E-state index contributed by atoms with van der Waals surface area (Å²) in [5.74, 6) is 0.925. The van der Waals surface area contributed by atoms with Gasteiger partial charge in [0.05, 0.1) is 0 Å². The highest BCUT2D eigenvalue weighted by atomic mass is 14.3. The van der Waals surface area contributed by atoms with Crippen LogP contribution in [0.4, 0.5) is 0 Å². The van der Waals surface area contributed by atoms with Gasteiger partial charge in [0.15, 0.2) is 0 Å². The first-order valence-corrected chi connectivity index (χ1v) is 3.92. The Labute approximate surface area is 58.7 Å². The number of hydrogen-bond donors (Lipinski definition) is 0. The first kappa shape index (κ1) is 7.11. The summed E-state index contributed by atoms with van der Waals surface area (Å²) in [7, 11) is 0. The molecular weight excluding hydrogens is 108 g/mol. The fraction of sp³-hybridized carbons (Fsp3) is 0.889. The largest absolute Gasteiger partial charge is 0.0625 e. The van der Waals surface area contributed by atoms with Crippen molar-refractivity contribution in [2.24, 2.45) is 11.3 Å². The van der Waals surface area contributed by atoms with Crippen LogP contribution in [0.1, 0.15) is 40.0 Å². The fourth-order valence-corrected chi connectivity index (χ4v) is 1.87. The van der Waals surface area contributed by atoms with Crippen molar-refractivity contribution in [1.82, 2.24) is 0 Å². The molecule has 0 aromatic carbocycles. The normalized spacial score (nSPS) is 34.3. The number of hydrogen-bond acceptors (Lipinski definition) is 0. The third-order valence-electron chi connectivity index (χ3n) is 2.17. The molecule has 1 radical (unpaired) electrons. The van der Waals surface area contributed by atoms with Crippen molar-refractivity contribution >= 4 is 0 Å². The van der Waals surface area contributed by atoms with E-state index in [2.05, 4.69) is 27.2 Å². The molecule has 0 bridgehead atoms. The second-order valence-corrected chi connectivity index (χ2v) is 4.20. The monoisotopic (exact) mass is 125 g/mol. The molecule has 0 heterocycles. The molecule has 1 fully saturated rings. The zero-order valence-electron chi connectivity index (χ0n) is 6.78.